The minimum Gasteiger partial charge on any atom is -0.299 e. The minimum atomic E-state index is 0.165. The van der Waals surface area contributed by atoms with Crippen LogP contribution >= 0.6 is 0 Å². The predicted molar refractivity (Wildman–Crippen MR) is 60.5 cm³/mol. The molecule has 3 saturated carbocycles. The topological polar surface area (TPSA) is 17.1 Å². The second-order valence-corrected chi connectivity index (χ2v) is 6.92. The molecule has 3 fully saturated rings. The Morgan fingerprint density at radius 1 is 1.13 bits per heavy atom. The van der Waals surface area contributed by atoms with Crippen molar-refractivity contribution in [2.24, 2.45) is 22.7 Å². The van der Waals surface area contributed by atoms with Gasteiger partial charge in [-0.05, 0) is 49.9 Å². The van der Waals surface area contributed by atoms with Crippen LogP contribution in [0.1, 0.15) is 58.8 Å². The van der Waals surface area contributed by atoms with Gasteiger partial charge in [0.05, 0.1) is 0 Å². The molecule has 0 aromatic rings. The van der Waals surface area contributed by atoms with Crippen LogP contribution in [-0.2, 0) is 4.79 Å². The summed E-state index contributed by atoms with van der Waals surface area (Å²) < 4.78 is 0. The van der Waals surface area contributed by atoms with E-state index in [4.69, 9.17) is 0 Å². The quantitative estimate of drug-likeness (QED) is 0.592. The molecule has 3 aliphatic carbocycles. The zero-order valence-corrected chi connectivity index (χ0v) is 10.0. The number of Topliss-reactive ketones (excluding diaryl/α,β-unsaturated/α-hetero) is 1. The lowest BCUT2D eigenvalue weighted by atomic mass is 9.70. The average molecular weight is 206 g/mol. The highest BCUT2D eigenvalue weighted by molar-refractivity contribution is 5.90. The molecule has 1 heteroatoms. The van der Waals surface area contributed by atoms with Crippen molar-refractivity contribution in [2.75, 3.05) is 0 Å². The SMILES string of the molecule is CC1(C)C[C@H]2CC[C@]3(CCC[C@@H]3C1)C2=O. The van der Waals surface area contributed by atoms with E-state index in [1.165, 1.54) is 38.5 Å². The number of ketones is 1. The maximum absolute atomic E-state index is 12.5. The van der Waals surface area contributed by atoms with Crippen LogP contribution in [0.25, 0.3) is 0 Å². The molecule has 0 aromatic heterocycles. The Balaban J connectivity index is 2.02. The summed E-state index contributed by atoms with van der Waals surface area (Å²) in [5, 5.41) is 0. The van der Waals surface area contributed by atoms with E-state index in [1.54, 1.807) is 0 Å². The molecule has 0 N–H and O–H groups in total. The van der Waals surface area contributed by atoms with E-state index in [0.717, 1.165) is 12.3 Å². The molecular weight excluding hydrogens is 184 g/mol. The third-order valence-electron chi connectivity index (χ3n) is 5.36. The summed E-state index contributed by atoms with van der Waals surface area (Å²) in [4.78, 5) is 12.5. The van der Waals surface area contributed by atoms with Crippen molar-refractivity contribution >= 4 is 5.78 Å². The van der Waals surface area contributed by atoms with E-state index in [-0.39, 0.29) is 5.41 Å². The highest BCUT2D eigenvalue weighted by atomic mass is 16.1. The van der Waals surface area contributed by atoms with Crippen LogP contribution in [0.15, 0.2) is 0 Å². The van der Waals surface area contributed by atoms with Gasteiger partial charge in [0.2, 0.25) is 0 Å². The number of carbonyl (C=O) groups is 1. The van der Waals surface area contributed by atoms with Gasteiger partial charge in [-0.2, -0.15) is 0 Å². The first-order valence-corrected chi connectivity index (χ1v) is 6.58. The first kappa shape index (κ1) is 9.86. The summed E-state index contributed by atoms with van der Waals surface area (Å²) >= 11 is 0. The van der Waals surface area contributed by atoms with Crippen molar-refractivity contribution in [3.8, 4) is 0 Å². The molecule has 15 heavy (non-hydrogen) atoms. The van der Waals surface area contributed by atoms with Gasteiger partial charge in [-0.1, -0.05) is 20.3 Å². The Morgan fingerprint density at radius 3 is 2.73 bits per heavy atom. The summed E-state index contributed by atoms with van der Waals surface area (Å²) in [6.45, 7) is 4.74. The van der Waals surface area contributed by atoms with Crippen molar-refractivity contribution in [2.45, 2.75) is 58.8 Å². The molecular formula is C14H22O. The van der Waals surface area contributed by atoms with Gasteiger partial charge in [-0.25, -0.2) is 0 Å². The van der Waals surface area contributed by atoms with Crippen LogP contribution < -0.4 is 0 Å². The number of hydrogen-bond acceptors (Lipinski definition) is 1. The van der Waals surface area contributed by atoms with Crippen molar-refractivity contribution < 1.29 is 4.79 Å². The number of rotatable bonds is 0. The molecule has 3 atom stereocenters. The third-order valence-corrected chi connectivity index (χ3v) is 5.36. The van der Waals surface area contributed by atoms with Crippen molar-refractivity contribution in [1.82, 2.24) is 0 Å². The Labute approximate surface area is 92.6 Å². The molecule has 0 radical (unpaired) electrons. The van der Waals surface area contributed by atoms with E-state index < -0.39 is 0 Å². The Kier molecular flexibility index (Phi) is 1.88. The standard InChI is InChI=1S/C14H22O/c1-13(2)8-10-5-7-14(12(10)15)6-3-4-11(14)9-13/h10-11H,3-9H2,1-2H3/t10-,11-,14+/m1/s1. The zero-order valence-electron chi connectivity index (χ0n) is 10.0. The molecule has 0 heterocycles. The van der Waals surface area contributed by atoms with E-state index in [2.05, 4.69) is 13.8 Å². The summed E-state index contributed by atoms with van der Waals surface area (Å²) in [6, 6.07) is 0. The smallest absolute Gasteiger partial charge is 0.142 e. The van der Waals surface area contributed by atoms with E-state index in [1.807, 2.05) is 0 Å². The van der Waals surface area contributed by atoms with Gasteiger partial charge in [0.15, 0.2) is 0 Å². The molecule has 0 aliphatic heterocycles. The lowest BCUT2D eigenvalue weighted by Gasteiger charge is -2.33. The fourth-order valence-electron chi connectivity index (χ4n) is 4.80. The fraction of sp³-hybridized carbons (Fsp3) is 0.929. The van der Waals surface area contributed by atoms with E-state index in [9.17, 15) is 4.79 Å². The fourth-order valence-corrected chi connectivity index (χ4v) is 4.80. The average Bonchev–Trinajstić information content (AvgIpc) is 2.62. The molecule has 1 nitrogen and oxygen atoms in total. The molecule has 2 bridgehead atoms. The van der Waals surface area contributed by atoms with Crippen LogP contribution in [0, 0.1) is 22.7 Å². The van der Waals surface area contributed by atoms with Gasteiger partial charge in [-0.15, -0.1) is 0 Å². The van der Waals surface area contributed by atoms with Crippen LogP contribution in [0.5, 0.6) is 0 Å². The molecule has 1 spiro atoms. The second-order valence-electron chi connectivity index (χ2n) is 6.92. The Morgan fingerprint density at radius 2 is 1.93 bits per heavy atom. The second kappa shape index (κ2) is 2.87. The van der Waals surface area contributed by atoms with E-state index >= 15 is 0 Å². The highest BCUT2D eigenvalue weighted by Crippen LogP contribution is 2.61. The van der Waals surface area contributed by atoms with Crippen molar-refractivity contribution in [1.29, 1.82) is 0 Å². The van der Waals surface area contributed by atoms with Crippen molar-refractivity contribution in [3.05, 3.63) is 0 Å². The molecule has 0 aromatic carbocycles. The summed E-state index contributed by atoms with van der Waals surface area (Å²) in [5.74, 6) is 1.81. The van der Waals surface area contributed by atoms with Gasteiger partial charge in [0, 0.05) is 11.3 Å². The lowest BCUT2D eigenvalue weighted by molar-refractivity contribution is -0.130. The highest BCUT2D eigenvalue weighted by Gasteiger charge is 2.57. The maximum Gasteiger partial charge on any atom is 0.142 e. The monoisotopic (exact) mass is 206 g/mol. The first-order valence-electron chi connectivity index (χ1n) is 6.58. The van der Waals surface area contributed by atoms with Crippen LogP contribution in [-0.4, -0.2) is 5.78 Å². The third kappa shape index (κ3) is 1.24. The summed E-state index contributed by atoms with van der Waals surface area (Å²) in [5.41, 5.74) is 0.579. The normalized spacial score (nSPS) is 47.7. The molecule has 3 aliphatic rings. The molecule has 0 saturated heterocycles. The largest absolute Gasteiger partial charge is 0.299 e. The van der Waals surface area contributed by atoms with E-state index in [0.29, 0.717) is 17.1 Å². The zero-order chi connectivity index (χ0) is 10.7. The predicted octanol–water partition coefficient (Wildman–Crippen LogP) is 3.57. The molecule has 84 valence electrons. The molecule has 0 unspecified atom stereocenters. The number of fused-ring (bicyclic) bond motifs is 1. The van der Waals surface area contributed by atoms with Crippen LogP contribution in [0.3, 0.4) is 0 Å². The van der Waals surface area contributed by atoms with Gasteiger partial charge in [-0.3, -0.25) is 4.79 Å². The van der Waals surface area contributed by atoms with Gasteiger partial charge in [0.25, 0.3) is 0 Å². The molecule has 0 amide bonds. The first-order chi connectivity index (χ1) is 7.04. The summed E-state index contributed by atoms with van der Waals surface area (Å²) in [6.07, 6.45) is 8.71. The van der Waals surface area contributed by atoms with Crippen molar-refractivity contribution in [3.63, 3.8) is 0 Å². The van der Waals surface area contributed by atoms with Gasteiger partial charge in [0.1, 0.15) is 5.78 Å². The number of carbonyl (C=O) groups excluding carboxylic acids is 1. The maximum atomic E-state index is 12.5. The van der Waals surface area contributed by atoms with Gasteiger partial charge >= 0.3 is 0 Å². The summed E-state index contributed by atoms with van der Waals surface area (Å²) in [7, 11) is 0. The lowest BCUT2D eigenvalue weighted by Crippen LogP contribution is -2.31. The van der Waals surface area contributed by atoms with Crippen LogP contribution in [0.2, 0.25) is 0 Å². The number of hydrogen-bond donors (Lipinski definition) is 0. The molecule has 3 rings (SSSR count). The Hall–Kier alpha value is -0.330. The van der Waals surface area contributed by atoms with Crippen LogP contribution in [0.4, 0.5) is 0 Å². The minimum absolute atomic E-state index is 0.165. The Bertz CT molecular complexity index is 304. The van der Waals surface area contributed by atoms with Gasteiger partial charge < -0.3 is 0 Å².